The minimum Gasteiger partial charge on any atom is -0.487 e. The summed E-state index contributed by atoms with van der Waals surface area (Å²) in [7, 11) is -1.17. The Morgan fingerprint density at radius 3 is 2.57 bits per heavy atom. The molecule has 2 heterocycles. The number of nitrogens with one attached hydrogen (secondary N) is 1. The number of hydrogen-bond acceptors (Lipinski definition) is 4. The number of aromatic nitrogens is 1. The molecular formula is C23H34ClN3O2S. The summed E-state index contributed by atoms with van der Waals surface area (Å²) in [4.78, 5) is 6.74. The molecule has 1 aliphatic rings. The monoisotopic (exact) mass is 451 g/mol. The van der Waals surface area contributed by atoms with Gasteiger partial charge in [0.2, 0.25) is 0 Å². The van der Waals surface area contributed by atoms with E-state index < -0.39 is 11.0 Å². The Balaban J connectivity index is 1.88. The van der Waals surface area contributed by atoms with Crippen LogP contribution in [-0.4, -0.2) is 44.1 Å². The van der Waals surface area contributed by atoms with Gasteiger partial charge in [-0.3, -0.25) is 4.90 Å². The first-order valence-electron chi connectivity index (χ1n) is 10.8. The molecule has 1 fully saturated rings. The standard InChI is InChI=1S/C23H34ClN3O2S/c1-7-15(3)27-13-16(14-27)29-21-10-9-17(18-11-22(24)25-12-19(18)21)20(8-2)26-30(28)23(4,5)6/h9-12,15-16,20,26H,7-8,13-14H2,1-6H3/t15?,20-,30?/m0/s1. The first-order valence-corrected chi connectivity index (χ1v) is 12.3. The summed E-state index contributed by atoms with van der Waals surface area (Å²) < 4.78 is 22.0. The molecule has 7 heteroatoms. The van der Waals surface area contributed by atoms with Crippen molar-refractivity contribution in [3.63, 3.8) is 0 Å². The van der Waals surface area contributed by atoms with Crippen LogP contribution in [0, 0.1) is 0 Å². The molecular weight excluding hydrogens is 418 g/mol. The Kier molecular flexibility index (Phi) is 7.44. The number of benzene rings is 1. The minimum absolute atomic E-state index is 0.0512. The molecule has 2 aromatic rings. The summed E-state index contributed by atoms with van der Waals surface area (Å²) in [5.74, 6) is 0.832. The van der Waals surface area contributed by atoms with Gasteiger partial charge in [-0.25, -0.2) is 13.9 Å². The van der Waals surface area contributed by atoms with Crippen LogP contribution in [0.4, 0.5) is 0 Å². The predicted octanol–water partition coefficient (Wildman–Crippen LogP) is 5.25. The van der Waals surface area contributed by atoms with E-state index >= 15 is 0 Å². The molecule has 30 heavy (non-hydrogen) atoms. The summed E-state index contributed by atoms with van der Waals surface area (Å²) in [6, 6.07) is 6.51. The van der Waals surface area contributed by atoms with Crippen LogP contribution in [0.5, 0.6) is 5.75 Å². The summed E-state index contributed by atoms with van der Waals surface area (Å²) in [6.45, 7) is 14.4. The van der Waals surface area contributed by atoms with Crippen LogP contribution in [-0.2, 0) is 11.0 Å². The number of hydrogen-bond donors (Lipinski definition) is 1. The van der Waals surface area contributed by atoms with Crippen molar-refractivity contribution in [3.8, 4) is 5.75 Å². The number of fused-ring (bicyclic) bond motifs is 1. The van der Waals surface area contributed by atoms with Crippen LogP contribution in [0.1, 0.15) is 66.0 Å². The number of halogens is 1. The fourth-order valence-electron chi connectivity index (χ4n) is 3.63. The van der Waals surface area contributed by atoms with Gasteiger partial charge in [-0.05, 0) is 63.6 Å². The van der Waals surface area contributed by atoms with E-state index in [1.807, 2.05) is 32.9 Å². The maximum absolute atomic E-state index is 12.7. The molecule has 166 valence electrons. The van der Waals surface area contributed by atoms with Gasteiger partial charge >= 0.3 is 0 Å². The van der Waals surface area contributed by atoms with Crippen LogP contribution in [0.2, 0.25) is 5.15 Å². The molecule has 3 rings (SSSR count). The Labute approximate surface area is 188 Å². The molecule has 0 amide bonds. The smallest absolute Gasteiger partial charge is 0.129 e. The van der Waals surface area contributed by atoms with E-state index in [0.29, 0.717) is 11.2 Å². The number of ether oxygens (including phenoxy) is 1. The summed E-state index contributed by atoms with van der Waals surface area (Å²) in [6.07, 6.45) is 3.93. The SMILES string of the molecule is CCC(C)N1CC(Oc2ccc([C@H](CC)NS(=O)C(C)(C)C)c3cc(Cl)ncc23)C1. The van der Waals surface area contributed by atoms with Gasteiger partial charge in [0, 0.05) is 36.8 Å². The van der Waals surface area contributed by atoms with E-state index in [9.17, 15) is 4.21 Å². The minimum atomic E-state index is -1.17. The lowest BCUT2D eigenvalue weighted by Crippen LogP contribution is -2.56. The molecule has 1 aliphatic heterocycles. The molecule has 3 atom stereocenters. The molecule has 1 aromatic heterocycles. The molecule has 5 nitrogen and oxygen atoms in total. The van der Waals surface area contributed by atoms with Crippen molar-refractivity contribution in [1.29, 1.82) is 0 Å². The summed E-state index contributed by atoms with van der Waals surface area (Å²) in [5.41, 5.74) is 1.07. The third kappa shape index (κ3) is 5.16. The topological polar surface area (TPSA) is 54.5 Å². The van der Waals surface area contributed by atoms with E-state index in [1.54, 1.807) is 6.20 Å². The molecule has 0 bridgehead atoms. The lowest BCUT2D eigenvalue weighted by atomic mass is 9.98. The summed E-state index contributed by atoms with van der Waals surface area (Å²) >= 11 is 6.24. The van der Waals surface area contributed by atoms with E-state index in [-0.39, 0.29) is 16.9 Å². The zero-order valence-corrected chi connectivity index (χ0v) is 20.4. The zero-order chi connectivity index (χ0) is 22.1. The van der Waals surface area contributed by atoms with Crippen molar-refractivity contribution in [3.05, 3.63) is 35.1 Å². The normalized spacial score (nSPS) is 18.8. The number of pyridine rings is 1. The lowest BCUT2D eigenvalue weighted by molar-refractivity contribution is -0.00453. The average Bonchev–Trinajstić information content (AvgIpc) is 2.67. The molecule has 1 saturated heterocycles. The highest BCUT2D eigenvalue weighted by Crippen LogP contribution is 2.35. The molecule has 0 radical (unpaired) electrons. The van der Waals surface area contributed by atoms with Crippen LogP contribution >= 0.6 is 11.6 Å². The third-order valence-corrected chi connectivity index (χ3v) is 7.65. The highest BCUT2D eigenvalue weighted by molar-refractivity contribution is 7.84. The van der Waals surface area contributed by atoms with E-state index in [0.717, 1.165) is 48.0 Å². The van der Waals surface area contributed by atoms with Gasteiger partial charge in [0.25, 0.3) is 0 Å². The summed E-state index contributed by atoms with van der Waals surface area (Å²) in [5, 5.41) is 2.39. The number of nitrogens with zero attached hydrogens (tertiary/aromatic N) is 2. The second-order valence-corrected chi connectivity index (χ2v) is 11.5. The molecule has 0 spiro atoms. The fourth-order valence-corrected chi connectivity index (χ4v) is 4.69. The lowest BCUT2D eigenvalue weighted by Gasteiger charge is -2.42. The number of likely N-dealkylation sites (tertiary alicyclic amines) is 1. The van der Waals surface area contributed by atoms with Crippen LogP contribution in [0.25, 0.3) is 10.8 Å². The van der Waals surface area contributed by atoms with Crippen LogP contribution in [0.3, 0.4) is 0 Å². The zero-order valence-electron chi connectivity index (χ0n) is 18.9. The van der Waals surface area contributed by atoms with Gasteiger partial charge in [-0.15, -0.1) is 0 Å². The van der Waals surface area contributed by atoms with Crippen LogP contribution < -0.4 is 9.46 Å². The predicted molar refractivity (Wildman–Crippen MR) is 127 cm³/mol. The van der Waals surface area contributed by atoms with Crippen molar-refractivity contribution in [2.45, 2.75) is 77.3 Å². The second-order valence-electron chi connectivity index (χ2n) is 9.12. The Morgan fingerprint density at radius 2 is 1.97 bits per heavy atom. The molecule has 1 aromatic carbocycles. The molecule has 0 saturated carbocycles. The van der Waals surface area contributed by atoms with Gasteiger partial charge < -0.3 is 4.74 Å². The maximum Gasteiger partial charge on any atom is 0.129 e. The van der Waals surface area contributed by atoms with E-state index in [1.165, 1.54) is 0 Å². The Hall–Kier alpha value is -1.21. The molecule has 0 aliphatic carbocycles. The van der Waals surface area contributed by atoms with Crippen molar-refractivity contribution >= 4 is 33.4 Å². The number of rotatable bonds is 8. The van der Waals surface area contributed by atoms with Gasteiger partial charge in [-0.1, -0.05) is 31.5 Å². The van der Waals surface area contributed by atoms with E-state index in [4.69, 9.17) is 16.3 Å². The van der Waals surface area contributed by atoms with Crippen molar-refractivity contribution < 1.29 is 8.95 Å². The Bertz CT molecular complexity index is 909. The van der Waals surface area contributed by atoms with E-state index in [2.05, 4.69) is 41.4 Å². The molecule has 1 N–H and O–H groups in total. The van der Waals surface area contributed by atoms with Gasteiger partial charge in [0.05, 0.1) is 15.7 Å². The second kappa shape index (κ2) is 9.51. The largest absolute Gasteiger partial charge is 0.487 e. The first kappa shape index (κ1) is 23.5. The van der Waals surface area contributed by atoms with Gasteiger partial charge in [0.15, 0.2) is 0 Å². The van der Waals surface area contributed by atoms with Crippen LogP contribution in [0.15, 0.2) is 24.4 Å². The average molecular weight is 452 g/mol. The van der Waals surface area contributed by atoms with Crippen molar-refractivity contribution in [2.24, 2.45) is 0 Å². The molecule has 2 unspecified atom stereocenters. The van der Waals surface area contributed by atoms with Crippen molar-refractivity contribution in [2.75, 3.05) is 13.1 Å². The van der Waals surface area contributed by atoms with Gasteiger partial charge in [-0.2, -0.15) is 0 Å². The first-order chi connectivity index (χ1) is 14.1. The quantitative estimate of drug-likeness (QED) is 0.556. The Morgan fingerprint density at radius 1 is 1.27 bits per heavy atom. The van der Waals surface area contributed by atoms with Gasteiger partial charge in [0.1, 0.15) is 17.0 Å². The van der Waals surface area contributed by atoms with Crippen molar-refractivity contribution in [1.82, 2.24) is 14.6 Å². The maximum atomic E-state index is 12.7. The third-order valence-electron chi connectivity index (χ3n) is 5.83. The highest BCUT2D eigenvalue weighted by Gasteiger charge is 2.32. The highest BCUT2D eigenvalue weighted by atomic mass is 35.5. The fraction of sp³-hybridized carbons (Fsp3) is 0.609.